The number of nitrogens with zero attached hydrogens (tertiary/aromatic N) is 4. The maximum Gasteiger partial charge on any atom is 0.241 e. The van der Waals surface area contributed by atoms with Crippen LogP contribution in [-0.2, 0) is 4.79 Å². The van der Waals surface area contributed by atoms with Gasteiger partial charge in [0.2, 0.25) is 5.91 Å². The second-order valence-electron chi connectivity index (χ2n) is 7.26. The number of piperidine rings is 1. The van der Waals surface area contributed by atoms with E-state index in [-0.39, 0.29) is 18.4 Å². The molecule has 0 spiro atoms. The number of carbonyl (C=O) groups is 1. The van der Waals surface area contributed by atoms with Gasteiger partial charge in [0.05, 0.1) is 17.8 Å². The Bertz CT molecular complexity index is 972. The Morgan fingerprint density at radius 2 is 2.25 bits per heavy atom. The fourth-order valence-electron chi connectivity index (χ4n) is 3.67. The third-order valence-corrected chi connectivity index (χ3v) is 5.23. The number of rotatable bonds is 5. The first-order valence-corrected chi connectivity index (χ1v) is 9.47. The van der Waals surface area contributed by atoms with Crippen molar-refractivity contribution in [3.63, 3.8) is 0 Å². The van der Waals surface area contributed by atoms with Crippen LogP contribution in [-0.4, -0.2) is 61.2 Å². The number of likely N-dealkylation sites (tertiary alicyclic amines) is 1. The number of nitrogens with two attached hydrogens (primary N) is 1. The van der Waals surface area contributed by atoms with Gasteiger partial charge >= 0.3 is 0 Å². The molecule has 0 aliphatic carbocycles. The van der Waals surface area contributed by atoms with Crippen molar-refractivity contribution in [1.82, 2.24) is 24.5 Å². The lowest BCUT2D eigenvalue weighted by Crippen LogP contribution is -2.48. The Labute approximate surface area is 162 Å². The highest BCUT2D eigenvalue weighted by Crippen LogP contribution is 2.30. The van der Waals surface area contributed by atoms with E-state index < -0.39 is 6.04 Å². The molecule has 9 heteroatoms. The van der Waals surface area contributed by atoms with Crippen LogP contribution in [0.1, 0.15) is 30.1 Å². The summed E-state index contributed by atoms with van der Waals surface area (Å²) >= 11 is 0. The molecule has 9 nitrogen and oxygen atoms in total. The van der Waals surface area contributed by atoms with Crippen LogP contribution < -0.4 is 11.1 Å². The molecular weight excluding hydrogens is 358 g/mol. The highest BCUT2D eigenvalue weighted by molar-refractivity contribution is 5.81. The van der Waals surface area contributed by atoms with Crippen LogP contribution in [0.3, 0.4) is 0 Å². The number of nitrogens with one attached hydrogen (secondary N) is 2. The van der Waals surface area contributed by atoms with Gasteiger partial charge in [0.1, 0.15) is 6.04 Å². The molecule has 3 aromatic rings. The van der Waals surface area contributed by atoms with E-state index in [1.165, 1.54) is 0 Å². The third-order valence-electron chi connectivity index (χ3n) is 5.23. The smallest absolute Gasteiger partial charge is 0.241 e. The first-order chi connectivity index (χ1) is 13.5. The maximum absolute atomic E-state index is 12.2. The van der Waals surface area contributed by atoms with Gasteiger partial charge in [-0.05, 0) is 31.9 Å². The molecule has 0 bridgehead atoms. The maximum atomic E-state index is 12.2. The number of H-pyrrole nitrogens is 1. The predicted octanol–water partition coefficient (Wildman–Crippen LogP) is 1.14. The van der Waals surface area contributed by atoms with E-state index in [1.54, 1.807) is 4.90 Å². The lowest BCUT2D eigenvalue weighted by molar-refractivity contribution is -0.134. The van der Waals surface area contributed by atoms with E-state index in [4.69, 9.17) is 15.8 Å². The Morgan fingerprint density at radius 1 is 1.46 bits per heavy atom. The van der Waals surface area contributed by atoms with Crippen molar-refractivity contribution < 1.29 is 9.90 Å². The molecule has 0 aromatic carbocycles. The third kappa shape index (κ3) is 3.58. The summed E-state index contributed by atoms with van der Waals surface area (Å²) in [7, 11) is 0. The van der Waals surface area contributed by atoms with Crippen LogP contribution in [0.15, 0.2) is 30.6 Å². The second kappa shape index (κ2) is 7.61. The Balaban J connectivity index is 1.54. The van der Waals surface area contributed by atoms with E-state index in [2.05, 4.69) is 26.1 Å². The largest absolute Gasteiger partial charge is 0.394 e. The average molecular weight is 383 g/mol. The summed E-state index contributed by atoms with van der Waals surface area (Å²) in [6.07, 6.45) is 5.67. The molecule has 4 heterocycles. The monoisotopic (exact) mass is 383 g/mol. The zero-order chi connectivity index (χ0) is 19.7. The summed E-state index contributed by atoms with van der Waals surface area (Å²) < 4.78 is 2.06. The summed E-state index contributed by atoms with van der Waals surface area (Å²) in [6, 6.07) is 5.09. The molecule has 1 aliphatic rings. The number of aliphatic hydroxyl groups excluding tert-OH is 1. The van der Waals surface area contributed by atoms with Gasteiger partial charge < -0.3 is 25.5 Å². The van der Waals surface area contributed by atoms with Gasteiger partial charge in [-0.3, -0.25) is 9.89 Å². The first-order valence-electron chi connectivity index (χ1n) is 9.47. The Morgan fingerprint density at radius 3 is 2.93 bits per heavy atom. The molecule has 1 amide bonds. The van der Waals surface area contributed by atoms with Gasteiger partial charge in [-0.15, -0.1) is 0 Å². The van der Waals surface area contributed by atoms with Gasteiger partial charge in [-0.1, -0.05) is 0 Å². The van der Waals surface area contributed by atoms with Crippen molar-refractivity contribution in [2.75, 3.05) is 25.0 Å². The normalized spacial score (nSPS) is 16.5. The van der Waals surface area contributed by atoms with Crippen molar-refractivity contribution >= 4 is 23.1 Å². The summed E-state index contributed by atoms with van der Waals surface area (Å²) in [5.41, 5.74) is 8.60. The van der Waals surface area contributed by atoms with Crippen LogP contribution in [0, 0.1) is 6.92 Å². The molecule has 148 valence electrons. The molecule has 28 heavy (non-hydrogen) atoms. The number of fused-ring (bicyclic) bond motifs is 1. The number of aromatic amines is 1. The van der Waals surface area contributed by atoms with Crippen LogP contribution in [0.5, 0.6) is 0 Å². The Hall–Kier alpha value is -2.91. The minimum atomic E-state index is -0.834. The minimum absolute atomic E-state index is 0.189. The molecule has 1 saturated heterocycles. The average Bonchev–Trinajstić information content (AvgIpc) is 3.35. The van der Waals surface area contributed by atoms with E-state index in [0.29, 0.717) is 13.1 Å². The standard InChI is InChI=1S/C19H25N7O2/c1-12-9-17(24-23-12)22-18-16-3-2-6-26(16)10-15(21-18)13-4-7-25(8-5-13)19(28)14(20)11-27/h2-3,6,9-10,13-14,27H,4-5,7-8,11,20H2,1H3,(H2,21,22,23,24)/t14-/m0/s1. The van der Waals surface area contributed by atoms with Gasteiger partial charge in [0.25, 0.3) is 0 Å². The summed E-state index contributed by atoms with van der Waals surface area (Å²) in [6.45, 7) is 2.85. The lowest BCUT2D eigenvalue weighted by Gasteiger charge is -2.33. The molecule has 1 aliphatic heterocycles. The number of anilines is 2. The number of aliphatic hydroxyl groups is 1. The van der Waals surface area contributed by atoms with E-state index in [1.807, 2.05) is 31.3 Å². The summed E-state index contributed by atoms with van der Waals surface area (Å²) in [4.78, 5) is 18.8. The number of aromatic nitrogens is 4. The molecule has 3 aromatic heterocycles. The number of aryl methyl sites for hydroxylation is 1. The van der Waals surface area contributed by atoms with Gasteiger partial charge in [-0.25, -0.2) is 4.98 Å². The fourth-order valence-corrected chi connectivity index (χ4v) is 3.67. The van der Waals surface area contributed by atoms with Crippen LogP contribution in [0.2, 0.25) is 0 Å². The number of amides is 1. The van der Waals surface area contributed by atoms with Crippen molar-refractivity contribution in [1.29, 1.82) is 0 Å². The molecule has 0 radical (unpaired) electrons. The first kappa shape index (κ1) is 18.5. The van der Waals surface area contributed by atoms with Gasteiger partial charge in [-0.2, -0.15) is 5.10 Å². The quantitative estimate of drug-likeness (QED) is 0.524. The van der Waals surface area contributed by atoms with E-state index in [9.17, 15) is 4.79 Å². The van der Waals surface area contributed by atoms with Crippen molar-refractivity contribution in [2.24, 2.45) is 5.73 Å². The second-order valence-corrected chi connectivity index (χ2v) is 7.26. The van der Waals surface area contributed by atoms with Crippen molar-refractivity contribution in [3.8, 4) is 0 Å². The number of hydrogen-bond donors (Lipinski definition) is 4. The number of hydrogen-bond acceptors (Lipinski definition) is 6. The predicted molar refractivity (Wildman–Crippen MR) is 105 cm³/mol. The highest BCUT2D eigenvalue weighted by atomic mass is 16.3. The zero-order valence-corrected chi connectivity index (χ0v) is 15.8. The molecule has 1 atom stereocenters. The van der Waals surface area contributed by atoms with Gasteiger partial charge in [0.15, 0.2) is 11.6 Å². The van der Waals surface area contributed by atoms with Gasteiger partial charge in [0, 0.05) is 43.2 Å². The molecule has 0 unspecified atom stereocenters. The van der Waals surface area contributed by atoms with Crippen molar-refractivity contribution in [3.05, 3.63) is 42.0 Å². The van der Waals surface area contributed by atoms with E-state index >= 15 is 0 Å². The van der Waals surface area contributed by atoms with Crippen LogP contribution in [0.25, 0.3) is 5.52 Å². The molecular formula is C19H25N7O2. The topological polar surface area (TPSA) is 125 Å². The molecule has 0 saturated carbocycles. The highest BCUT2D eigenvalue weighted by Gasteiger charge is 2.28. The summed E-state index contributed by atoms with van der Waals surface area (Å²) in [5, 5.41) is 19.6. The van der Waals surface area contributed by atoms with Crippen LogP contribution >= 0.6 is 0 Å². The fraction of sp³-hybridized carbons (Fsp3) is 0.421. The zero-order valence-electron chi connectivity index (χ0n) is 15.8. The lowest BCUT2D eigenvalue weighted by atomic mass is 9.93. The molecule has 5 N–H and O–H groups in total. The minimum Gasteiger partial charge on any atom is -0.394 e. The van der Waals surface area contributed by atoms with Crippen molar-refractivity contribution in [2.45, 2.75) is 31.7 Å². The molecule has 4 rings (SSSR count). The number of carbonyl (C=O) groups excluding carboxylic acids is 1. The molecule has 1 fully saturated rings. The Kier molecular flexibility index (Phi) is 5.01. The van der Waals surface area contributed by atoms with E-state index in [0.717, 1.165) is 41.4 Å². The van der Waals surface area contributed by atoms with Crippen LogP contribution in [0.4, 0.5) is 11.6 Å². The SMILES string of the molecule is Cc1cc(Nc2nc(C3CCN(C(=O)[C@@H](N)CO)CC3)cn3cccc23)n[nH]1. The summed E-state index contributed by atoms with van der Waals surface area (Å²) in [5.74, 6) is 1.55.